The average Bonchev–Trinajstić information content (AvgIpc) is 2.67. The molecule has 3 nitrogen and oxygen atoms in total. The van der Waals surface area contributed by atoms with E-state index >= 15 is 0 Å². The van der Waals surface area contributed by atoms with Crippen LogP contribution in [0.2, 0.25) is 0 Å². The molecule has 1 fully saturated rings. The molecule has 1 amide bonds. The maximum Gasteiger partial charge on any atom is 0.254 e. The lowest BCUT2D eigenvalue weighted by molar-refractivity contribution is 0.0710. The van der Waals surface area contributed by atoms with E-state index in [-0.39, 0.29) is 11.3 Å². The van der Waals surface area contributed by atoms with Crippen LogP contribution in [0.15, 0.2) is 36.4 Å². The van der Waals surface area contributed by atoms with Crippen molar-refractivity contribution in [2.24, 2.45) is 0 Å². The number of amides is 1. The SMILES string of the molecule is Cc1[c]cc(C(=O)N2CCC(c3ccc(C#N)cc3)CC2)c(C(C)(C)C)c1. The monoisotopic (exact) mass is 359 g/mol. The first-order chi connectivity index (χ1) is 12.8. The highest BCUT2D eigenvalue weighted by Crippen LogP contribution is 2.31. The van der Waals surface area contributed by atoms with E-state index in [9.17, 15) is 4.79 Å². The van der Waals surface area contributed by atoms with Gasteiger partial charge in [0.15, 0.2) is 0 Å². The van der Waals surface area contributed by atoms with Crippen LogP contribution in [0.3, 0.4) is 0 Å². The number of hydrogen-bond acceptors (Lipinski definition) is 2. The molecule has 2 aromatic carbocycles. The number of carbonyl (C=O) groups excluding carboxylic acids is 1. The summed E-state index contributed by atoms with van der Waals surface area (Å²) >= 11 is 0. The number of nitrogens with zero attached hydrogens (tertiary/aromatic N) is 2. The Kier molecular flexibility index (Phi) is 5.37. The fourth-order valence-electron chi connectivity index (χ4n) is 3.81. The van der Waals surface area contributed by atoms with E-state index < -0.39 is 0 Å². The van der Waals surface area contributed by atoms with Crippen molar-refractivity contribution in [3.8, 4) is 6.07 Å². The molecule has 3 heteroatoms. The first kappa shape index (κ1) is 19.2. The number of piperidine rings is 1. The second kappa shape index (κ2) is 7.56. The van der Waals surface area contributed by atoms with Crippen molar-refractivity contribution in [2.75, 3.05) is 13.1 Å². The molecule has 0 N–H and O–H groups in total. The number of benzene rings is 2. The number of rotatable bonds is 2. The summed E-state index contributed by atoms with van der Waals surface area (Å²) in [4.78, 5) is 15.2. The van der Waals surface area contributed by atoms with E-state index in [1.165, 1.54) is 5.56 Å². The molecule has 139 valence electrons. The van der Waals surface area contributed by atoms with Crippen LogP contribution in [-0.4, -0.2) is 23.9 Å². The molecule has 0 atom stereocenters. The molecule has 1 heterocycles. The number of carbonyl (C=O) groups is 1. The van der Waals surface area contributed by atoms with Crippen LogP contribution < -0.4 is 0 Å². The molecule has 1 aliphatic heterocycles. The molecule has 2 aromatic rings. The van der Waals surface area contributed by atoms with Gasteiger partial charge < -0.3 is 4.90 Å². The molecule has 1 saturated heterocycles. The van der Waals surface area contributed by atoms with Gasteiger partial charge in [0.2, 0.25) is 0 Å². The number of likely N-dealkylation sites (tertiary alicyclic amines) is 1. The predicted molar refractivity (Wildman–Crippen MR) is 108 cm³/mol. The Bertz CT molecular complexity index is 861. The van der Waals surface area contributed by atoms with Gasteiger partial charge in [0, 0.05) is 18.7 Å². The Morgan fingerprint density at radius 2 is 1.81 bits per heavy atom. The lowest BCUT2D eigenvalue weighted by Crippen LogP contribution is -2.39. The summed E-state index contributed by atoms with van der Waals surface area (Å²) in [5.41, 5.74) is 4.82. The highest BCUT2D eigenvalue weighted by atomic mass is 16.2. The summed E-state index contributed by atoms with van der Waals surface area (Å²) in [6.45, 7) is 10.00. The van der Waals surface area contributed by atoms with Gasteiger partial charge >= 0.3 is 0 Å². The van der Waals surface area contributed by atoms with Crippen molar-refractivity contribution in [2.45, 2.75) is 51.9 Å². The summed E-state index contributed by atoms with van der Waals surface area (Å²) in [6.07, 6.45) is 1.91. The Morgan fingerprint density at radius 3 is 2.37 bits per heavy atom. The highest BCUT2D eigenvalue weighted by Gasteiger charge is 2.28. The zero-order chi connectivity index (χ0) is 19.6. The molecular weight excluding hydrogens is 332 g/mol. The van der Waals surface area contributed by atoms with Crippen LogP contribution in [0.5, 0.6) is 0 Å². The van der Waals surface area contributed by atoms with E-state index in [1.807, 2.05) is 42.2 Å². The van der Waals surface area contributed by atoms with Gasteiger partial charge in [-0.05, 0) is 72.1 Å². The molecule has 0 aromatic heterocycles. The Hall–Kier alpha value is -2.60. The first-order valence-electron chi connectivity index (χ1n) is 9.62. The molecule has 0 bridgehead atoms. The molecule has 3 rings (SSSR count). The third kappa shape index (κ3) is 4.22. The van der Waals surface area contributed by atoms with E-state index in [4.69, 9.17) is 5.26 Å². The lowest BCUT2D eigenvalue weighted by atomic mass is 9.82. The first-order valence-corrected chi connectivity index (χ1v) is 9.62. The van der Waals surface area contributed by atoms with Crippen molar-refractivity contribution < 1.29 is 4.79 Å². The number of hydrogen-bond donors (Lipinski definition) is 0. The largest absolute Gasteiger partial charge is 0.339 e. The van der Waals surface area contributed by atoms with Crippen LogP contribution in [0.1, 0.15) is 72.1 Å². The van der Waals surface area contributed by atoms with Gasteiger partial charge in [-0.25, -0.2) is 0 Å². The van der Waals surface area contributed by atoms with E-state index in [0.29, 0.717) is 11.5 Å². The minimum absolute atomic E-state index is 0.0777. The molecule has 0 unspecified atom stereocenters. The van der Waals surface area contributed by atoms with Gasteiger partial charge in [-0.3, -0.25) is 4.79 Å². The van der Waals surface area contributed by atoms with E-state index in [1.54, 1.807) is 0 Å². The predicted octanol–water partition coefficient (Wildman–Crippen LogP) is 4.98. The smallest absolute Gasteiger partial charge is 0.254 e. The van der Waals surface area contributed by atoms with Crippen molar-refractivity contribution >= 4 is 5.91 Å². The van der Waals surface area contributed by atoms with Crippen molar-refractivity contribution in [1.29, 1.82) is 5.26 Å². The molecule has 0 spiro atoms. The van der Waals surface area contributed by atoms with Crippen molar-refractivity contribution in [1.82, 2.24) is 4.90 Å². The molecule has 1 aliphatic rings. The number of nitriles is 1. The second-order valence-corrected chi connectivity index (χ2v) is 8.49. The fourth-order valence-corrected chi connectivity index (χ4v) is 3.81. The molecule has 1 radical (unpaired) electrons. The summed E-state index contributed by atoms with van der Waals surface area (Å²) in [5.74, 6) is 0.572. The van der Waals surface area contributed by atoms with Gasteiger partial charge in [-0.2, -0.15) is 5.26 Å². The van der Waals surface area contributed by atoms with Gasteiger partial charge in [0.25, 0.3) is 5.91 Å². The van der Waals surface area contributed by atoms with E-state index in [0.717, 1.165) is 42.6 Å². The molecule has 27 heavy (non-hydrogen) atoms. The molecular formula is C24H27N2O. The van der Waals surface area contributed by atoms with Gasteiger partial charge in [-0.15, -0.1) is 0 Å². The highest BCUT2D eigenvalue weighted by molar-refractivity contribution is 5.96. The lowest BCUT2D eigenvalue weighted by Gasteiger charge is -2.34. The normalized spacial score (nSPS) is 15.4. The molecule has 0 aliphatic carbocycles. The van der Waals surface area contributed by atoms with Crippen molar-refractivity contribution in [3.05, 3.63) is 70.3 Å². The van der Waals surface area contributed by atoms with Crippen LogP contribution in [0.4, 0.5) is 0 Å². The average molecular weight is 359 g/mol. The maximum absolute atomic E-state index is 13.2. The minimum atomic E-state index is -0.0777. The molecule has 0 saturated carbocycles. The third-order valence-corrected chi connectivity index (χ3v) is 5.43. The standard InChI is InChI=1S/C24H27N2O/c1-17-5-10-21(22(15-17)24(2,3)4)23(27)26-13-11-20(12-14-26)19-8-6-18(16-25)7-9-19/h6-10,15,20H,11-14H2,1-4H3. The van der Waals surface area contributed by atoms with Crippen LogP contribution in [-0.2, 0) is 5.41 Å². The third-order valence-electron chi connectivity index (χ3n) is 5.43. The number of aryl methyl sites for hydroxylation is 1. The fraction of sp³-hybridized carbons (Fsp3) is 0.417. The van der Waals surface area contributed by atoms with Crippen LogP contribution >= 0.6 is 0 Å². The summed E-state index contributed by atoms with van der Waals surface area (Å²) in [7, 11) is 0. The Balaban J connectivity index is 1.73. The summed E-state index contributed by atoms with van der Waals surface area (Å²) in [5, 5.41) is 8.94. The van der Waals surface area contributed by atoms with Gasteiger partial charge in [-0.1, -0.05) is 39.0 Å². The Morgan fingerprint density at radius 1 is 1.19 bits per heavy atom. The van der Waals surface area contributed by atoms with Crippen LogP contribution in [0.25, 0.3) is 0 Å². The zero-order valence-electron chi connectivity index (χ0n) is 16.7. The quantitative estimate of drug-likeness (QED) is 0.759. The van der Waals surface area contributed by atoms with E-state index in [2.05, 4.69) is 39.0 Å². The zero-order valence-corrected chi connectivity index (χ0v) is 16.7. The summed E-state index contributed by atoms with van der Waals surface area (Å²) < 4.78 is 0. The minimum Gasteiger partial charge on any atom is -0.339 e. The maximum atomic E-state index is 13.2. The Labute approximate surface area is 162 Å². The van der Waals surface area contributed by atoms with Crippen LogP contribution in [0, 0.1) is 24.3 Å². The second-order valence-electron chi connectivity index (χ2n) is 8.49. The van der Waals surface area contributed by atoms with Gasteiger partial charge in [0.05, 0.1) is 11.6 Å². The summed E-state index contributed by atoms with van der Waals surface area (Å²) in [6, 6.07) is 17.2. The topological polar surface area (TPSA) is 44.1 Å². The van der Waals surface area contributed by atoms with Gasteiger partial charge in [0.1, 0.15) is 0 Å². The van der Waals surface area contributed by atoms with Crippen molar-refractivity contribution in [3.63, 3.8) is 0 Å².